The summed E-state index contributed by atoms with van der Waals surface area (Å²) in [5, 5.41) is 10.9. The van der Waals surface area contributed by atoms with Crippen molar-refractivity contribution in [2.24, 2.45) is 5.73 Å². The van der Waals surface area contributed by atoms with Gasteiger partial charge in [0.15, 0.2) is 5.69 Å². The van der Waals surface area contributed by atoms with Gasteiger partial charge in [0.25, 0.3) is 5.91 Å². The van der Waals surface area contributed by atoms with Crippen LogP contribution in [0.1, 0.15) is 27.2 Å². The van der Waals surface area contributed by atoms with Crippen molar-refractivity contribution in [3.05, 3.63) is 95.3 Å². The Morgan fingerprint density at radius 2 is 1.76 bits per heavy atom. The lowest BCUT2D eigenvalue weighted by Gasteiger charge is -2.14. The Bertz CT molecular complexity index is 1290. The lowest BCUT2D eigenvalue weighted by molar-refractivity contribution is 0.0993. The number of carbonyl (C=O) groups excluding carboxylic acids is 1. The molecule has 2 aromatic heterocycles. The van der Waals surface area contributed by atoms with Gasteiger partial charge in [-0.3, -0.25) is 4.79 Å². The fourth-order valence-corrected chi connectivity index (χ4v) is 3.99. The number of carbonyl (C=O) groups is 1. The van der Waals surface area contributed by atoms with Crippen molar-refractivity contribution in [2.45, 2.75) is 19.9 Å². The number of amides is 1. The Balaban J connectivity index is 1.48. The van der Waals surface area contributed by atoms with Gasteiger partial charge in [0.2, 0.25) is 5.88 Å². The molecule has 172 valence electrons. The van der Waals surface area contributed by atoms with Crippen LogP contribution in [-0.4, -0.2) is 34.7 Å². The smallest absolute Gasteiger partial charge is 0.269 e. The number of benzene rings is 2. The summed E-state index contributed by atoms with van der Waals surface area (Å²) >= 11 is 0. The van der Waals surface area contributed by atoms with E-state index in [0.717, 1.165) is 22.4 Å². The van der Waals surface area contributed by atoms with Gasteiger partial charge in [-0.25, -0.2) is 4.98 Å². The van der Waals surface area contributed by atoms with Gasteiger partial charge in [-0.2, -0.15) is 5.10 Å². The fraction of sp³-hybridized carbons (Fsp3) is 0.185. The molecule has 0 fully saturated rings. The van der Waals surface area contributed by atoms with Crippen molar-refractivity contribution in [1.29, 1.82) is 0 Å². The van der Waals surface area contributed by atoms with Gasteiger partial charge in [-0.15, -0.1) is 5.10 Å². The Morgan fingerprint density at radius 3 is 2.53 bits per heavy atom. The minimum absolute atomic E-state index is 0.209. The molecule has 34 heavy (non-hydrogen) atoms. The van der Waals surface area contributed by atoms with Crippen LogP contribution in [0.4, 0.5) is 0 Å². The number of pyridine rings is 1. The van der Waals surface area contributed by atoms with Crippen LogP contribution in [0, 0.1) is 6.92 Å². The zero-order valence-electron chi connectivity index (χ0n) is 19.3. The Hall–Kier alpha value is -4.10. The summed E-state index contributed by atoms with van der Waals surface area (Å²) in [5.41, 5.74) is 12.8. The number of methoxy groups -OCH3 is 1. The highest BCUT2D eigenvalue weighted by molar-refractivity contribution is 5.92. The van der Waals surface area contributed by atoms with Gasteiger partial charge in [-0.1, -0.05) is 54.6 Å². The Morgan fingerprint density at radius 1 is 0.971 bits per heavy atom. The van der Waals surface area contributed by atoms with Crippen LogP contribution in [0.3, 0.4) is 0 Å². The molecule has 0 unspecified atom stereocenters. The van der Waals surface area contributed by atoms with Gasteiger partial charge < -0.3 is 15.8 Å². The molecule has 2 heterocycles. The highest BCUT2D eigenvalue weighted by atomic mass is 16.5. The number of nitrogens with zero attached hydrogens (tertiary/aromatic N) is 3. The molecular weight excluding hydrogens is 426 g/mol. The number of ether oxygens (including phenoxy) is 1. The lowest BCUT2D eigenvalue weighted by Crippen LogP contribution is -2.21. The quantitative estimate of drug-likeness (QED) is 0.372. The molecule has 0 bridgehead atoms. The van der Waals surface area contributed by atoms with E-state index in [9.17, 15) is 4.79 Å². The molecule has 1 amide bonds. The molecule has 0 aliphatic rings. The summed E-state index contributed by atoms with van der Waals surface area (Å²) in [6.07, 6.45) is 2.16. The normalized spacial score (nSPS) is 10.8. The number of primary amides is 1. The fourth-order valence-electron chi connectivity index (χ4n) is 3.99. The second-order valence-corrected chi connectivity index (χ2v) is 7.91. The monoisotopic (exact) mass is 453 g/mol. The molecule has 2 aromatic carbocycles. The minimum Gasteiger partial charge on any atom is -0.481 e. The zero-order chi connectivity index (χ0) is 23.9. The van der Waals surface area contributed by atoms with E-state index >= 15 is 0 Å². The van der Waals surface area contributed by atoms with Crippen molar-refractivity contribution >= 4 is 5.91 Å². The first-order valence-electron chi connectivity index (χ1n) is 11.1. The molecule has 0 aliphatic heterocycles. The number of hydrogen-bond acceptors (Lipinski definition) is 6. The first-order valence-corrected chi connectivity index (χ1v) is 11.1. The first-order chi connectivity index (χ1) is 16.6. The third-order valence-electron chi connectivity index (χ3n) is 5.75. The van der Waals surface area contributed by atoms with Crippen LogP contribution in [0.2, 0.25) is 0 Å². The van der Waals surface area contributed by atoms with Crippen molar-refractivity contribution in [3.8, 4) is 28.3 Å². The number of nitrogens with one attached hydrogen (secondary N) is 1. The van der Waals surface area contributed by atoms with Crippen molar-refractivity contribution in [2.75, 3.05) is 13.7 Å². The summed E-state index contributed by atoms with van der Waals surface area (Å²) in [5.74, 6) is 0.00843. The van der Waals surface area contributed by atoms with E-state index < -0.39 is 5.91 Å². The average molecular weight is 454 g/mol. The highest BCUT2D eigenvalue weighted by Gasteiger charge is 2.13. The van der Waals surface area contributed by atoms with E-state index in [-0.39, 0.29) is 5.69 Å². The summed E-state index contributed by atoms with van der Waals surface area (Å²) in [4.78, 5) is 16.3. The van der Waals surface area contributed by atoms with E-state index in [1.807, 2.05) is 30.3 Å². The van der Waals surface area contributed by atoms with Gasteiger partial charge in [0.1, 0.15) is 0 Å². The van der Waals surface area contributed by atoms with Crippen LogP contribution < -0.4 is 15.8 Å². The molecule has 4 rings (SSSR count). The van der Waals surface area contributed by atoms with Crippen LogP contribution in [0.5, 0.6) is 5.88 Å². The van der Waals surface area contributed by atoms with Gasteiger partial charge in [0.05, 0.1) is 12.8 Å². The number of nitrogens with two attached hydrogens (primary N) is 1. The van der Waals surface area contributed by atoms with E-state index in [1.165, 1.54) is 16.7 Å². The molecule has 0 atom stereocenters. The molecule has 7 nitrogen and oxygen atoms in total. The topological polar surface area (TPSA) is 103 Å². The number of hydrogen-bond donors (Lipinski definition) is 2. The van der Waals surface area contributed by atoms with E-state index in [1.54, 1.807) is 19.4 Å². The summed E-state index contributed by atoms with van der Waals surface area (Å²) in [6.45, 7) is 3.33. The number of aromatic nitrogens is 3. The van der Waals surface area contributed by atoms with E-state index in [4.69, 9.17) is 15.5 Å². The molecule has 3 N–H and O–H groups in total. The molecule has 0 saturated heterocycles. The summed E-state index contributed by atoms with van der Waals surface area (Å²) < 4.78 is 5.60. The van der Waals surface area contributed by atoms with Crippen molar-refractivity contribution < 1.29 is 9.53 Å². The molecular formula is C27H27N5O2. The predicted octanol–water partition coefficient (Wildman–Crippen LogP) is 3.95. The predicted molar refractivity (Wildman–Crippen MR) is 132 cm³/mol. The van der Waals surface area contributed by atoms with Crippen LogP contribution >= 0.6 is 0 Å². The maximum Gasteiger partial charge on any atom is 0.269 e. The molecule has 7 heteroatoms. The van der Waals surface area contributed by atoms with Crippen molar-refractivity contribution in [1.82, 2.24) is 20.5 Å². The van der Waals surface area contributed by atoms with E-state index in [2.05, 4.69) is 52.8 Å². The lowest BCUT2D eigenvalue weighted by atomic mass is 9.94. The highest BCUT2D eigenvalue weighted by Crippen LogP contribution is 2.32. The third kappa shape index (κ3) is 5.10. The standard InChI is InChI=1S/C27H27N5O2/c1-18-22(19-7-4-3-5-8-19)9-6-10-23(18)24-12-11-21(27(31-24)34-2)17-29-15-13-20-14-16-30-32-25(20)26(28)33/h3-12,14,16,29H,13,15,17H2,1-2H3,(H2,28,33). The third-order valence-corrected chi connectivity index (χ3v) is 5.75. The Labute approximate surface area is 199 Å². The molecule has 4 aromatic rings. The van der Waals surface area contributed by atoms with Gasteiger partial charge in [-0.05, 0) is 54.3 Å². The number of rotatable bonds is 9. The second-order valence-electron chi connectivity index (χ2n) is 7.91. The first kappa shape index (κ1) is 23.1. The largest absolute Gasteiger partial charge is 0.481 e. The molecule has 0 spiro atoms. The average Bonchev–Trinajstić information content (AvgIpc) is 2.87. The maximum atomic E-state index is 11.5. The SMILES string of the molecule is COc1nc(-c2cccc(-c3ccccc3)c2C)ccc1CNCCc1ccnnc1C(N)=O. The second kappa shape index (κ2) is 10.7. The Kier molecular flexibility index (Phi) is 7.25. The molecule has 0 radical (unpaired) electrons. The summed E-state index contributed by atoms with van der Waals surface area (Å²) in [7, 11) is 1.63. The maximum absolute atomic E-state index is 11.5. The zero-order valence-corrected chi connectivity index (χ0v) is 19.3. The molecule has 0 aliphatic carbocycles. The van der Waals surface area contributed by atoms with E-state index in [0.29, 0.717) is 25.4 Å². The summed E-state index contributed by atoms with van der Waals surface area (Å²) in [6, 6.07) is 22.4. The van der Waals surface area contributed by atoms with Crippen molar-refractivity contribution in [3.63, 3.8) is 0 Å². The molecule has 0 saturated carbocycles. The van der Waals surface area contributed by atoms with Crippen LogP contribution in [-0.2, 0) is 13.0 Å². The minimum atomic E-state index is -0.573. The van der Waals surface area contributed by atoms with Gasteiger partial charge in [0, 0.05) is 23.9 Å². The van der Waals surface area contributed by atoms with Crippen LogP contribution in [0.15, 0.2) is 72.9 Å². The van der Waals surface area contributed by atoms with Crippen LogP contribution in [0.25, 0.3) is 22.4 Å². The van der Waals surface area contributed by atoms with Gasteiger partial charge >= 0.3 is 0 Å².